The minimum absolute atomic E-state index is 0.356. The Morgan fingerprint density at radius 3 is 2.32 bits per heavy atom. The zero-order valence-electron chi connectivity index (χ0n) is 14.9. The highest BCUT2D eigenvalue weighted by molar-refractivity contribution is 6.35. The lowest BCUT2D eigenvalue weighted by atomic mass is 10.1. The third kappa shape index (κ3) is 7.26. The van der Waals surface area contributed by atoms with E-state index in [0.717, 1.165) is 5.56 Å². The number of amides is 3. The molecule has 1 rings (SSSR count). The number of rotatable bonds is 4. The van der Waals surface area contributed by atoms with E-state index in [-0.39, 0.29) is 0 Å². The number of benzene rings is 1. The van der Waals surface area contributed by atoms with Crippen LogP contribution < -0.4 is 21.5 Å². The van der Waals surface area contributed by atoms with E-state index in [9.17, 15) is 14.4 Å². The number of hydrazine groups is 1. The normalized spacial score (nSPS) is 11.5. The second-order valence-corrected chi connectivity index (χ2v) is 6.92. The monoisotopic (exact) mass is 366 g/mol. The van der Waals surface area contributed by atoms with Gasteiger partial charge in [-0.15, -0.1) is 0 Å². The molecule has 8 heteroatoms. The average molecular weight is 367 g/mol. The van der Waals surface area contributed by atoms with Gasteiger partial charge in [-0.05, 0) is 52.3 Å². The molecule has 0 saturated heterocycles. The molecule has 1 aromatic rings. The van der Waals surface area contributed by atoms with Crippen molar-refractivity contribution in [2.24, 2.45) is 0 Å². The van der Waals surface area contributed by atoms with Gasteiger partial charge in [0.1, 0.15) is 0 Å². The first-order valence-corrected chi connectivity index (χ1v) is 8.00. The summed E-state index contributed by atoms with van der Waals surface area (Å²) in [5, 5.41) is 5.77. The number of halogens is 1. The van der Waals surface area contributed by atoms with E-state index in [1.165, 1.54) is 6.08 Å². The van der Waals surface area contributed by atoms with Gasteiger partial charge in [-0.1, -0.05) is 17.7 Å². The molecule has 0 spiro atoms. The first-order chi connectivity index (χ1) is 11.5. The molecule has 0 unspecified atom stereocenters. The highest BCUT2D eigenvalue weighted by Gasteiger charge is 2.19. The van der Waals surface area contributed by atoms with Crippen molar-refractivity contribution in [2.45, 2.75) is 40.2 Å². The fourth-order valence-electron chi connectivity index (χ4n) is 1.75. The zero-order chi connectivity index (χ0) is 19.2. The maximum atomic E-state index is 12.0. The molecule has 0 atom stereocenters. The average Bonchev–Trinajstić information content (AvgIpc) is 2.47. The van der Waals surface area contributed by atoms with Crippen LogP contribution in [0.1, 0.15) is 33.3 Å². The van der Waals surface area contributed by atoms with Gasteiger partial charge in [0.05, 0.1) is 0 Å². The molecular weight excluding hydrogens is 344 g/mol. The molecule has 7 nitrogen and oxygen atoms in total. The van der Waals surface area contributed by atoms with Crippen molar-refractivity contribution in [2.75, 3.05) is 5.32 Å². The summed E-state index contributed by atoms with van der Waals surface area (Å²) in [6.45, 7) is 8.66. The molecule has 0 aliphatic heterocycles. The smallest absolute Gasteiger partial charge is 0.327 e. The number of carbonyl (C=O) groups is 3. The molecule has 0 aliphatic carbocycles. The lowest BCUT2D eigenvalue weighted by Crippen LogP contribution is -2.51. The lowest BCUT2D eigenvalue weighted by Gasteiger charge is -2.20. The van der Waals surface area contributed by atoms with Crippen molar-refractivity contribution in [3.63, 3.8) is 0 Å². The summed E-state index contributed by atoms with van der Waals surface area (Å²) in [4.78, 5) is 35.3. The van der Waals surface area contributed by atoms with Crippen LogP contribution in [0.5, 0.6) is 0 Å². The fraction of sp³-hybridized carbons (Fsp3) is 0.353. The Hall–Kier alpha value is -2.54. The van der Waals surface area contributed by atoms with Gasteiger partial charge >= 0.3 is 11.8 Å². The zero-order valence-corrected chi connectivity index (χ0v) is 15.7. The van der Waals surface area contributed by atoms with Crippen molar-refractivity contribution in [1.29, 1.82) is 0 Å². The first-order valence-electron chi connectivity index (χ1n) is 7.62. The van der Waals surface area contributed by atoms with Gasteiger partial charge in [0.25, 0.3) is 0 Å². The van der Waals surface area contributed by atoms with E-state index in [0.29, 0.717) is 16.4 Å². The Morgan fingerprint density at radius 2 is 1.72 bits per heavy atom. The summed E-state index contributed by atoms with van der Waals surface area (Å²) in [6, 6.07) is 5.19. The van der Waals surface area contributed by atoms with Gasteiger partial charge in [-0.25, -0.2) is 0 Å². The van der Waals surface area contributed by atoms with Gasteiger partial charge in [-0.2, -0.15) is 0 Å². The Kier molecular flexibility index (Phi) is 6.99. The molecule has 0 fully saturated rings. The molecule has 0 aromatic heterocycles. The van der Waals surface area contributed by atoms with E-state index >= 15 is 0 Å². The van der Waals surface area contributed by atoms with Crippen molar-refractivity contribution in [3.05, 3.63) is 40.6 Å². The molecule has 0 heterocycles. The first kappa shape index (κ1) is 20.5. The fourth-order valence-corrected chi connectivity index (χ4v) is 1.93. The van der Waals surface area contributed by atoms with Crippen LogP contribution in [-0.2, 0) is 14.4 Å². The second kappa shape index (κ2) is 8.53. The molecule has 0 saturated carbocycles. The molecule has 4 N–H and O–H groups in total. The summed E-state index contributed by atoms with van der Waals surface area (Å²) in [7, 11) is 0. The molecule has 0 aliphatic rings. The van der Waals surface area contributed by atoms with E-state index < -0.39 is 23.3 Å². The molecule has 136 valence electrons. The van der Waals surface area contributed by atoms with Gasteiger partial charge < -0.3 is 16.1 Å². The standard InChI is InChI=1S/C17H23ClN4O3/c1-10(21-22-16(25)15(24)20-17(3,4)5)9-14(23)19-13-8-6-7-12(18)11(13)2/h6-9,21H,1-5H3,(H,19,23)(H,20,24)(H,22,25). The number of hydrogen-bond donors (Lipinski definition) is 4. The summed E-state index contributed by atoms with van der Waals surface area (Å²) in [5.74, 6) is -2.02. The topological polar surface area (TPSA) is 99.3 Å². The number of carbonyl (C=O) groups excluding carboxylic acids is 3. The minimum atomic E-state index is -0.853. The third-order valence-corrected chi connectivity index (χ3v) is 3.35. The summed E-state index contributed by atoms with van der Waals surface area (Å²) < 4.78 is 0. The Balaban J connectivity index is 2.57. The quantitative estimate of drug-likeness (QED) is 0.372. The van der Waals surface area contributed by atoms with Crippen molar-refractivity contribution in [1.82, 2.24) is 16.2 Å². The molecule has 25 heavy (non-hydrogen) atoms. The van der Waals surface area contributed by atoms with Crippen LogP contribution in [0.15, 0.2) is 30.0 Å². The van der Waals surface area contributed by atoms with Crippen LogP contribution in [0.3, 0.4) is 0 Å². The highest BCUT2D eigenvalue weighted by Crippen LogP contribution is 2.22. The number of anilines is 1. The van der Waals surface area contributed by atoms with E-state index in [2.05, 4.69) is 21.5 Å². The number of hydrogen-bond acceptors (Lipinski definition) is 4. The van der Waals surface area contributed by atoms with Crippen LogP contribution >= 0.6 is 11.6 Å². The Bertz CT molecular complexity index is 708. The lowest BCUT2D eigenvalue weighted by molar-refractivity contribution is -0.140. The third-order valence-electron chi connectivity index (χ3n) is 2.94. The Labute approximate surface area is 152 Å². The summed E-state index contributed by atoms with van der Waals surface area (Å²) in [5.41, 5.74) is 5.91. The van der Waals surface area contributed by atoms with E-state index in [4.69, 9.17) is 11.6 Å². The van der Waals surface area contributed by atoms with Crippen LogP contribution in [0.2, 0.25) is 5.02 Å². The predicted molar refractivity (Wildman–Crippen MR) is 97.7 cm³/mol. The predicted octanol–water partition coefficient (Wildman–Crippen LogP) is 2.03. The maximum absolute atomic E-state index is 12.0. The molecule has 3 amide bonds. The van der Waals surface area contributed by atoms with Gasteiger partial charge in [0, 0.05) is 28.0 Å². The number of nitrogens with one attached hydrogen (secondary N) is 4. The van der Waals surface area contributed by atoms with Crippen LogP contribution in [0.25, 0.3) is 0 Å². The highest BCUT2D eigenvalue weighted by atomic mass is 35.5. The molecule has 0 radical (unpaired) electrons. The largest absolute Gasteiger partial charge is 0.343 e. The minimum Gasteiger partial charge on any atom is -0.343 e. The van der Waals surface area contributed by atoms with Crippen LogP contribution in [-0.4, -0.2) is 23.3 Å². The molecule has 1 aromatic carbocycles. The molecular formula is C17H23ClN4O3. The van der Waals surface area contributed by atoms with Crippen molar-refractivity contribution in [3.8, 4) is 0 Å². The SMILES string of the molecule is CC(=CC(=O)Nc1cccc(Cl)c1C)NNC(=O)C(=O)NC(C)(C)C. The van der Waals surface area contributed by atoms with Gasteiger partial charge in [0.15, 0.2) is 0 Å². The van der Waals surface area contributed by atoms with Crippen LogP contribution in [0.4, 0.5) is 5.69 Å². The van der Waals surface area contributed by atoms with E-state index in [1.807, 2.05) is 0 Å². The van der Waals surface area contributed by atoms with Gasteiger partial charge in [0.2, 0.25) is 5.91 Å². The summed E-state index contributed by atoms with van der Waals surface area (Å²) >= 11 is 6.00. The molecule has 0 bridgehead atoms. The van der Waals surface area contributed by atoms with Crippen LogP contribution in [0, 0.1) is 6.92 Å². The number of allylic oxidation sites excluding steroid dienone is 1. The van der Waals surface area contributed by atoms with Crippen molar-refractivity contribution < 1.29 is 14.4 Å². The Morgan fingerprint density at radius 1 is 1.08 bits per heavy atom. The van der Waals surface area contributed by atoms with Gasteiger partial charge in [-0.3, -0.25) is 19.8 Å². The van der Waals surface area contributed by atoms with Crippen molar-refractivity contribution >= 4 is 35.0 Å². The summed E-state index contributed by atoms with van der Waals surface area (Å²) in [6.07, 6.45) is 1.25. The maximum Gasteiger partial charge on any atom is 0.327 e. The second-order valence-electron chi connectivity index (χ2n) is 6.51. The van der Waals surface area contributed by atoms with E-state index in [1.54, 1.807) is 52.8 Å².